The molecule has 1 aliphatic rings. The molecule has 0 spiro atoms. The van der Waals surface area contributed by atoms with Crippen LogP contribution in [0, 0.1) is 11.3 Å². The van der Waals surface area contributed by atoms with Gasteiger partial charge in [0.1, 0.15) is 11.1 Å². The highest BCUT2D eigenvalue weighted by atomic mass is 32.1. The first-order valence-electron chi connectivity index (χ1n) is 4.92. The van der Waals surface area contributed by atoms with Gasteiger partial charge in [-0.05, 0) is 12.0 Å². The predicted octanol–water partition coefficient (Wildman–Crippen LogP) is 0.0454. The molecule has 0 unspecified atom stereocenters. The number of nitrogens with zero attached hydrogens (tertiary/aromatic N) is 2. The summed E-state index contributed by atoms with van der Waals surface area (Å²) in [5.74, 6) is -0.325. The number of fused-ring (bicyclic) bond motifs is 1. The van der Waals surface area contributed by atoms with Gasteiger partial charge in [0.15, 0.2) is 0 Å². The first-order chi connectivity index (χ1) is 7.61. The Hall–Kier alpha value is -1.58. The molecule has 0 atom stereocenters. The summed E-state index contributed by atoms with van der Waals surface area (Å²) in [6.07, 6.45) is 0.763. The van der Waals surface area contributed by atoms with Crippen molar-refractivity contribution in [3.63, 3.8) is 0 Å². The van der Waals surface area contributed by atoms with Gasteiger partial charge in [-0.25, -0.2) is 0 Å². The van der Waals surface area contributed by atoms with Gasteiger partial charge in [-0.15, -0.1) is 11.3 Å². The molecule has 0 radical (unpaired) electrons. The Kier molecular flexibility index (Phi) is 2.81. The van der Waals surface area contributed by atoms with E-state index in [-0.39, 0.29) is 12.5 Å². The topological polar surface area (TPSA) is 96.1 Å². The Morgan fingerprint density at radius 3 is 3.00 bits per heavy atom. The molecule has 1 aromatic heterocycles. The molecule has 1 aromatic rings. The Balaban J connectivity index is 2.23. The minimum atomic E-state index is -0.325. The average Bonchev–Trinajstić information content (AvgIpc) is 2.51. The zero-order valence-electron chi connectivity index (χ0n) is 8.69. The van der Waals surface area contributed by atoms with Crippen molar-refractivity contribution in [2.75, 3.05) is 18.8 Å². The highest BCUT2D eigenvalue weighted by molar-refractivity contribution is 7.16. The van der Waals surface area contributed by atoms with E-state index in [9.17, 15) is 4.79 Å². The Morgan fingerprint density at radius 2 is 2.38 bits per heavy atom. The quantitative estimate of drug-likeness (QED) is 0.758. The van der Waals surface area contributed by atoms with Gasteiger partial charge in [-0.3, -0.25) is 9.69 Å². The molecule has 6 heteroatoms. The van der Waals surface area contributed by atoms with Crippen LogP contribution in [-0.4, -0.2) is 23.9 Å². The van der Waals surface area contributed by atoms with E-state index in [1.54, 1.807) is 0 Å². The molecule has 0 fully saturated rings. The molecule has 0 saturated heterocycles. The van der Waals surface area contributed by atoms with Crippen LogP contribution in [-0.2, 0) is 17.8 Å². The van der Waals surface area contributed by atoms with Crippen LogP contribution in [0.5, 0.6) is 0 Å². The number of rotatable bonds is 2. The summed E-state index contributed by atoms with van der Waals surface area (Å²) in [6, 6.07) is 2.13. The molecule has 0 bridgehead atoms. The van der Waals surface area contributed by atoms with Crippen molar-refractivity contribution in [2.45, 2.75) is 13.0 Å². The van der Waals surface area contributed by atoms with Gasteiger partial charge < -0.3 is 11.5 Å². The van der Waals surface area contributed by atoms with Crippen molar-refractivity contribution in [1.82, 2.24) is 4.90 Å². The fraction of sp³-hybridized carbons (Fsp3) is 0.400. The van der Waals surface area contributed by atoms with Crippen molar-refractivity contribution in [3.05, 3.63) is 16.0 Å². The second-order valence-electron chi connectivity index (χ2n) is 3.78. The number of hydrogen-bond donors (Lipinski definition) is 2. The lowest BCUT2D eigenvalue weighted by Crippen LogP contribution is -2.37. The van der Waals surface area contributed by atoms with Gasteiger partial charge >= 0.3 is 0 Å². The molecule has 1 amide bonds. The number of nitrogen functional groups attached to an aromatic ring is 1. The third-order valence-electron chi connectivity index (χ3n) is 2.65. The maximum atomic E-state index is 10.8. The Labute approximate surface area is 97.2 Å². The standard InChI is InChI=1S/C10H12N4OS/c11-3-7-6-1-2-14(5-9(12)15)4-8(6)16-10(7)13/h1-2,4-5,13H2,(H2,12,15). The highest BCUT2D eigenvalue weighted by Crippen LogP contribution is 2.34. The number of hydrogen-bond acceptors (Lipinski definition) is 5. The first-order valence-corrected chi connectivity index (χ1v) is 5.74. The van der Waals surface area contributed by atoms with Gasteiger partial charge in [-0.1, -0.05) is 0 Å². The lowest BCUT2D eigenvalue weighted by Gasteiger charge is -2.25. The van der Waals surface area contributed by atoms with Gasteiger partial charge in [0, 0.05) is 18.0 Å². The smallest absolute Gasteiger partial charge is 0.231 e. The van der Waals surface area contributed by atoms with Crippen LogP contribution < -0.4 is 11.5 Å². The third-order valence-corrected chi connectivity index (χ3v) is 3.70. The summed E-state index contributed by atoms with van der Waals surface area (Å²) in [5.41, 5.74) is 12.6. The first kappa shape index (κ1) is 10.9. The van der Waals surface area contributed by atoms with E-state index in [2.05, 4.69) is 6.07 Å². The second-order valence-corrected chi connectivity index (χ2v) is 4.92. The molecule has 5 nitrogen and oxygen atoms in total. The lowest BCUT2D eigenvalue weighted by molar-refractivity contribution is -0.119. The van der Waals surface area contributed by atoms with Crippen molar-refractivity contribution in [2.24, 2.45) is 5.73 Å². The maximum Gasteiger partial charge on any atom is 0.231 e. The predicted molar refractivity (Wildman–Crippen MR) is 61.6 cm³/mol. The van der Waals surface area contributed by atoms with Crippen molar-refractivity contribution in [3.8, 4) is 6.07 Å². The number of carbonyl (C=O) groups is 1. The lowest BCUT2D eigenvalue weighted by atomic mass is 10.0. The summed E-state index contributed by atoms with van der Waals surface area (Å²) >= 11 is 1.43. The number of carbonyl (C=O) groups excluding carboxylic acids is 1. The largest absolute Gasteiger partial charge is 0.389 e. The maximum absolute atomic E-state index is 10.8. The van der Waals surface area contributed by atoms with Gasteiger partial charge in [-0.2, -0.15) is 5.26 Å². The summed E-state index contributed by atoms with van der Waals surface area (Å²) in [7, 11) is 0. The van der Waals surface area contributed by atoms with E-state index < -0.39 is 0 Å². The van der Waals surface area contributed by atoms with Crippen molar-refractivity contribution in [1.29, 1.82) is 5.26 Å². The SMILES string of the molecule is N#Cc1c(N)sc2c1CCN(CC(N)=O)C2. The molecule has 2 heterocycles. The van der Waals surface area contributed by atoms with E-state index in [1.165, 1.54) is 11.3 Å². The molecule has 16 heavy (non-hydrogen) atoms. The minimum absolute atomic E-state index is 0.263. The monoisotopic (exact) mass is 236 g/mol. The van der Waals surface area contributed by atoms with Crippen LogP contribution in [0.4, 0.5) is 5.00 Å². The molecule has 84 valence electrons. The number of nitrogens with two attached hydrogens (primary N) is 2. The number of primary amides is 1. The number of nitriles is 1. The summed E-state index contributed by atoms with van der Waals surface area (Å²) in [5, 5.41) is 9.54. The Morgan fingerprint density at radius 1 is 1.62 bits per heavy atom. The molecule has 2 rings (SSSR count). The number of thiophene rings is 1. The second kappa shape index (κ2) is 4.12. The minimum Gasteiger partial charge on any atom is -0.389 e. The van der Waals surface area contributed by atoms with Crippen molar-refractivity contribution >= 4 is 22.2 Å². The number of anilines is 1. The van der Waals surface area contributed by atoms with Gasteiger partial charge in [0.2, 0.25) is 5.91 Å². The molecule has 1 aliphatic heterocycles. The van der Waals surface area contributed by atoms with Crippen LogP contribution in [0.25, 0.3) is 0 Å². The molecule has 4 N–H and O–H groups in total. The average molecular weight is 236 g/mol. The summed E-state index contributed by atoms with van der Waals surface area (Å²) < 4.78 is 0. The third kappa shape index (κ3) is 1.87. The molecule has 0 saturated carbocycles. The van der Waals surface area contributed by atoms with E-state index in [0.717, 1.165) is 23.4 Å². The summed E-state index contributed by atoms with van der Waals surface area (Å²) in [6.45, 7) is 1.68. The van der Waals surface area contributed by atoms with Crippen LogP contribution in [0.15, 0.2) is 0 Å². The van der Waals surface area contributed by atoms with Gasteiger partial charge in [0.05, 0.1) is 12.1 Å². The van der Waals surface area contributed by atoms with E-state index in [4.69, 9.17) is 16.7 Å². The zero-order valence-corrected chi connectivity index (χ0v) is 9.51. The molecule has 0 aromatic carbocycles. The van der Waals surface area contributed by atoms with E-state index in [1.807, 2.05) is 4.90 Å². The molecular formula is C10H12N4OS. The van der Waals surface area contributed by atoms with Crippen LogP contribution in [0.1, 0.15) is 16.0 Å². The van der Waals surface area contributed by atoms with E-state index in [0.29, 0.717) is 17.1 Å². The van der Waals surface area contributed by atoms with Crippen LogP contribution >= 0.6 is 11.3 Å². The fourth-order valence-corrected chi connectivity index (χ4v) is 3.07. The van der Waals surface area contributed by atoms with Crippen LogP contribution in [0.3, 0.4) is 0 Å². The van der Waals surface area contributed by atoms with Gasteiger partial charge in [0.25, 0.3) is 0 Å². The Bertz CT molecular complexity index is 474. The summed E-state index contributed by atoms with van der Waals surface area (Å²) in [4.78, 5) is 13.9. The van der Waals surface area contributed by atoms with E-state index >= 15 is 0 Å². The number of amides is 1. The highest BCUT2D eigenvalue weighted by Gasteiger charge is 2.23. The molecule has 0 aliphatic carbocycles. The van der Waals surface area contributed by atoms with Crippen molar-refractivity contribution < 1.29 is 4.79 Å². The zero-order chi connectivity index (χ0) is 11.7. The molecular weight excluding hydrogens is 224 g/mol. The fourth-order valence-electron chi connectivity index (χ4n) is 1.96. The normalized spacial score (nSPS) is 15.4. The van der Waals surface area contributed by atoms with Crippen LogP contribution in [0.2, 0.25) is 0 Å².